The van der Waals surface area contributed by atoms with Crippen molar-refractivity contribution in [2.75, 3.05) is 13.1 Å². The van der Waals surface area contributed by atoms with E-state index in [1.807, 2.05) is 0 Å². The highest BCUT2D eigenvalue weighted by atomic mass is 32.2. The van der Waals surface area contributed by atoms with Gasteiger partial charge in [-0.05, 0) is 35.4 Å². The number of nitrogens with two attached hydrogens (primary N) is 2. The summed E-state index contributed by atoms with van der Waals surface area (Å²) < 4.78 is 44.7. The van der Waals surface area contributed by atoms with Gasteiger partial charge in [0.25, 0.3) is 0 Å². The van der Waals surface area contributed by atoms with Gasteiger partial charge in [0.05, 0.1) is 9.79 Å². The molecule has 0 heterocycles. The molecule has 0 spiro atoms. The van der Waals surface area contributed by atoms with Crippen LogP contribution in [0.5, 0.6) is 0 Å². The zero-order valence-electron chi connectivity index (χ0n) is 14.1. The van der Waals surface area contributed by atoms with Crippen LogP contribution in [-0.2, 0) is 33.1 Å². The second kappa shape index (κ2) is 8.71. The summed E-state index contributed by atoms with van der Waals surface area (Å²) in [5.41, 5.74) is 1.91. The molecular weight excluding hydrogens is 376 g/mol. The monoisotopic (exact) mass is 398 g/mol. The van der Waals surface area contributed by atoms with Crippen LogP contribution in [0.2, 0.25) is 0 Å². The van der Waals surface area contributed by atoms with E-state index in [4.69, 9.17) is 10.3 Å². The van der Waals surface area contributed by atoms with E-state index < -0.39 is 20.0 Å². The number of benzene rings is 2. The van der Waals surface area contributed by atoms with Crippen molar-refractivity contribution in [3.05, 3.63) is 59.7 Å². The molecule has 0 aliphatic heterocycles. The molecule has 0 fully saturated rings. The minimum Gasteiger partial charge on any atom is -0.311 e. The van der Waals surface area contributed by atoms with Crippen LogP contribution in [0.1, 0.15) is 11.1 Å². The van der Waals surface area contributed by atoms with Gasteiger partial charge in [-0.15, -0.1) is 0 Å². The van der Waals surface area contributed by atoms with Crippen molar-refractivity contribution in [1.82, 2.24) is 10.6 Å². The molecule has 8 nitrogen and oxygen atoms in total. The van der Waals surface area contributed by atoms with Gasteiger partial charge >= 0.3 is 0 Å². The van der Waals surface area contributed by atoms with Crippen molar-refractivity contribution in [3.8, 4) is 0 Å². The van der Waals surface area contributed by atoms with Crippen LogP contribution >= 0.6 is 0 Å². The van der Waals surface area contributed by atoms with Crippen molar-refractivity contribution in [2.24, 2.45) is 10.3 Å². The molecule has 0 unspecified atom stereocenters. The topological polar surface area (TPSA) is 144 Å². The van der Waals surface area contributed by atoms with Gasteiger partial charge in [0.2, 0.25) is 20.0 Å². The Balaban J connectivity index is 1.68. The first kappa shape index (κ1) is 20.5. The van der Waals surface area contributed by atoms with Gasteiger partial charge < -0.3 is 10.6 Å². The highest BCUT2D eigenvalue weighted by Crippen LogP contribution is 2.09. The highest BCUT2D eigenvalue weighted by molar-refractivity contribution is 7.89. The van der Waals surface area contributed by atoms with Gasteiger partial charge in [-0.25, -0.2) is 27.1 Å². The Kier molecular flexibility index (Phi) is 6.87. The molecule has 10 heteroatoms. The third-order valence-electron chi connectivity index (χ3n) is 3.64. The van der Waals surface area contributed by atoms with Crippen LogP contribution in [0.4, 0.5) is 0 Å². The number of rotatable bonds is 9. The average molecular weight is 399 g/mol. The van der Waals surface area contributed by atoms with Crippen LogP contribution in [0.3, 0.4) is 0 Å². The van der Waals surface area contributed by atoms with E-state index in [-0.39, 0.29) is 9.79 Å². The SMILES string of the molecule is NS(=O)(=O)c1ccc(CNCCNCc2ccc(S(N)(=O)=O)cc2)cc1. The summed E-state index contributed by atoms with van der Waals surface area (Å²) in [5.74, 6) is 0. The van der Waals surface area contributed by atoms with Gasteiger partial charge in [0.1, 0.15) is 0 Å². The average Bonchev–Trinajstić information content (AvgIpc) is 2.57. The predicted molar refractivity (Wildman–Crippen MR) is 99.0 cm³/mol. The van der Waals surface area contributed by atoms with Gasteiger partial charge in [-0.3, -0.25) is 0 Å². The van der Waals surface area contributed by atoms with Crippen LogP contribution < -0.4 is 20.9 Å². The van der Waals surface area contributed by atoms with Crippen molar-refractivity contribution >= 4 is 20.0 Å². The van der Waals surface area contributed by atoms with E-state index in [2.05, 4.69) is 10.6 Å². The summed E-state index contributed by atoms with van der Waals surface area (Å²) in [6.07, 6.45) is 0. The van der Waals surface area contributed by atoms with Crippen molar-refractivity contribution < 1.29 is 16.8 Å². The summed E-state index contributed by atoms with van der Waals surface area (Å²) >= 11 is 0. The first-order valence-corrected chi connectivity index (χ1v) is 10.9. The maximum Gasteiger partial charge on any atom is 0.238 e. The quantitative estimate of drug-likeness (QED) is 0.433. The Bertz CT molecular complexity index is 846. The first-order valence-electron chi connectivity index (χ1n) is 7.81. The lowest BCUT2D eigenvalue weighted by molar-refractivity contribution is 0.595. The van der Waals surface area contributed by atoms with Crippen molar-refractivity contribution in [2.45, 2.75) is 22.9 Å². The molecule has 6 N–H and O–H groups in total. The fraction of sp³-hybridized carbons (Fsp3) is 0.250. The Hall–Kier alpha value is -1.82. The second-order valence-electron chi connectivity index (χ2n) is 5.73. The van der Waals surface area contributed by atoms with Crippen LogP contribution in [0, 0.1) is 0 Å². The molecule has 2 aromatic rings. The second-order valence-corrected chi connectivity index (χ2v) is 8.85. The normalized spacial score (nSPS) is 12.2. The van der Waals surface area contributed by atoms with Gasteiger partial charge in [0.15, 0.2) is 0 Å². The number of nitrogens with one attached hydrogen (secondary N) is 2. The zero-order chi connectivity index (χ0) is 19.2. The van der Waals surface area contributed by atoms with E-state index in [1.54, 1.807) is 24.3 Å². The molecule has 0 radical (unpaired) electrons. The molecular formula is C16H22N4O4S2. The van der Waals surface area contributed by atoms with Gasteiger partial charge in [-0.2, -0.15) is 0 Å². The molecule has 0 aliphatic carbocycles. The maximum absolute atomic E-state index is 11.2. The Morgan fingerprint density at radius 3 is 1.19 bits per heavy atom. The van der Waals surface area contributed by atoms with Gasteiger partial charge in [0, 0.05) is 26.2 Å². The Labute approximate surface area is 153 Å². The number of primary sulfonamides is 2. The molecule has 0 aromatic heterocycles. The summed E-state index contributed by atoms with van der Waals surface area (Å²) in [7, 11) is -7.32. The van der Waals surface area contributed by atoms with E-state index in [0.717, 1.165) is 11.1 Å². The summed E-state index contributed by atoms with van der Waals surface area (Å²) in [4.78, 5) is 0.188. The molecule has 2 rings (SSSR count). The predicted octanol–water partition coefficient (Wildman–Crippen LogP) is -0.139. The minimum atomic E-state index is -3.66. The number of hydrogen-bond acceptors (Lipinski definition) is 6. The Morgan fingerprint density at radius 2 is 0.923 bits per heavy atom. The maximum atomic E-state index is 11.2. The third-order valence-corrected chi connectivity index (χ3v) is 5.50. The van der Waals surface area contributed by atoms with E-state index >= 15 is 0 Å². The molecule has 26 heavy (non-hydrogen) atoms. The molecule has 2 aromatic carbocycles. The van der Waals surface area contributed by atoms with Crippen LogP contribution in [-0.4, -0.2) is 29.9 Å². The lowest BCUT2D eigenvalue weighted by atomic mass is 10.2. The molecule has 0 amide bonds. The van der Waals surface area contributed by atoms with E-state index in [9.17, 15) is 16.8 Å². The fourth-order valence-corrected chi connectivity index (χ4v) is 3.27. The summed E-state index contributed by atoms with van der Waals surface area (Å²) in [5, 5.41) is 16.6. The number of hydrogen-bond donors (Lipinski definition) is 4. The lowest BCUT2D eigenvalue weighted by Gasteiger charge is -2.08. The van der Waals surface area contributed by atoms with Crippen LogP contribution in [0.25, 0.3) is 0 Å². The van der Waals surface area contributed by atoms with Gasteiger partial charge in [-0.1, -0.05) is 24.3 Å². The molecule has 0 bridgehead atoms. The summed E-state index contributed by atoms with van der Waals surface area (Å²) in [6, 6.07) is 12.8. The Morgan fingerprint density at radius 1 is 0.615 bits per heavy atom. The fourth-order valence-electron chi connectivity index (χ4n) is 2.24. The van der Waals surface area contributed by atoms with Crippen LogP contribution in [0.15, 0.2) is 58.3 Å². The summed E-state index contributed by atoms with van der Waals surface area (Å²) in [6.45, 7) is 2.64. The minimum absolute atomic E-state index is 0.0939. The highest BCUT2D eigenvalue weighted by Gasteiger charge is 2.07. The smallest absolute Gasteiger partial charge is 0.238 e. The molecule has 0 saturated carbocycles. The van der Waals surface area contributed by atoms with E-state index in [1.165, 1.54) is 24.3 Å². The van der Waals surface area contributed by atoms with Crippen molar-refractivity contribution in [3.63, 3.8) is 0 Å². The third kappa shape index (κ3) is 6.48. The molecule has 0 aliphatic rings. The molecule has 0 atom stereocenters. The molecule has 142 valence electrons. The molecule has 0 saturated heterocycles. The standard InChI is InChI=1S/C16H22N4O4S2/c17-25(21,22)15-5-1-13(2-6-15)11-19-9-10-20-12-14-3-7-16(8-4-14)26(18,23)24/h1-8,19-20H,9-12H2,(H2,17,21,22)(H2,18,23,24). The zero-order valence-corrected chi connectivity index (χ0v) is 15.7. The first-order chi connectivity index (χ1) is 12.2. The number of sulfonamides is 2. The van der Waals surface area contributed by atoms with Crippen molar-refractivity contribution in [1.29, 1.82) is 0 Å². The largest absolute Gasteiger partial charge is 0.311 e. The van der Waals surface area contributed by atoms with E-state index in [0.29, 0.717) is 26.2 Å². The lowest BCUT2D eigenvalue weighted by Crippen LogP contribution is -2.26.